The molecule has 66 valence electrons. The van der Waals surface area contributed by atoms with E-state index >= 15 is 0 Å². The van der Waals surface area contributed by atoms with Gasteiger partial charge in [-0.1, -0.05) is 6.07 Å². The third-order valence-corrected chi connectivity index (χ3v) is 2.86. The zero-order chi connectivity index (χ0) is 9.14. The first-order valence-electron chi connectivity index (χ1n) is 3.89. The van der Waals surface area contributed by atoms with Crippen LogP contribution in [0, 0.1) is 13.8 Å². The van der Waals surface area contributed by atoms with Crippen molar-refractivity contribution >= 4 is 11.8 Å². The summed E-state index contributed by atoms with van der Waals surface area (Å²) in [5, 5.41) is 0. The van der Waals surface area contributed by atoms with E-state index in [0.717, 1.165) is 5.75 Å². The van der Waals surface area contributed by atoms with Gasteiger partial charge in [-0.05, 0) is 31.7 Å². The number of rotatable bonds is 2. The van der Waals surface area contributed by atoms with Crippen LogP contribution in [-0.4, -0.2) is 13.4 Å². The number of aryl methyl sites for hydroxylation is 1. The molecule has 0 bridgehead atoms. The van der Waals surface area contributed by atoms with Gasteiger partial charge in [0.05, 0.1) is 7.11 Å². The van der Waals surface area contributed by atoms with Gasteiger partial charge < -0.3 is 4.74 Å². The maximum Gasteiger partial charge on any atom is 0.125 e. The second-order valence-corrected chi connectivity index (χ2v) is 3.59. The average Bonchev–Trinajstić information content (AvgIpc) is 2.06. The van der Waals surface area contributed by atoms with Crippen LogP contribution in [-0.2, 0) is 0 Å². The van der Waals surface area contributed by atoms with Gasteiger partial charge >= 0.3 is 0 Å². The quantitative estimate of drug-likeness (QED) is 0.650. The number of ether oxygens (including phenoxy) is 1. The molecule has 2 heteroatoms. The summed E-state index contributed by atoms with van der Waals surface area (Å²) in [6.45, 7) is 4.16. The maximum atomic E-state index is 5.30. The third-order valence-electron chi connectivity index (χ3n) is 1.98. The molecule has 0 fully saturated rings. The first-order chi connectivity index (χ1) is 5.70. The lowest BCUT2D eigenvalue weighted by Gasteiger charge is -2.10. The Labute approximate surface area is 78.1 Å². The molecule has 0 unspecified atom stereocenters. The van der Waals surface area contributed by atoms with Crippen LogP contribution in [0.2, 0.25) is 0 Å². The number of hydrogen-bond acceptors (Lipinski definition) is 2. The van der Waals surface area contributed by atoms with Crippen LogP contribution in [0.15, 0.2) is 17.0 Å². The molecule has 1 aromatic rings. The van der Waals surface area contributed by atoms with Gasteiger partial charge in [0.1, 0.15) is 5.75 Å². The Balaban J connectivity index is 3.24. The van der Waals surface area contributed by atoms with E-state index in [9.17, 15) is 0 Å². The van der Waals surface area contributed by atoms with Crippen LogP contribution in [0.1, 0.15) is 11.1 Å². The zero-order valence-electron chi connectivity index (χ0n) is 7.97. The van der Waals surface area contributed by atoms with E-state index < -0.39 is 0 Å². The van der Waals surface area contributed by atoms with Crippen molar-refractivity contribution in [1.82, 2.24) is 0 Å². The van der Waals surface area contributed by atoms with Crippen molar-refractivity contribution in [3.63, 3.8) is 0 Å². The van der Waals surface area contributed by atoms with E-state index in [0.29, 0.717) is 0 Å². The Morgan fingerprint density at radius 3 is 2.42 bits per heavy atom. The van der Waals surface area contributed by atoms with Crippen LogP contribution in [0.25, 0.3) is 0 Å². The second kappa shape index (κ2) is 3.85. The normalized spacial score (nSPS) is 10.0. The first-order valence-corrected chi connectivity index (χ1v) is 5.11. The monoisotopic (exact) mass is 182 g/mol. The molecular formula is C10H14OS. The predicted molar refractivity (Wildman–Crippen MR) is 54.2 cm³/mol. The Bertz CT molecular complexity index is 281. The molecule has 0 heterocycles. The van der Waals surface area contributed by atoms with Gasteiger partial charge in [-0.3, -0.25) is 0 Å². The lowest BCUT2D eigenvalue weighted by atomic mass is 10.1. The van der Waals surface area contributed by atoms with Crippen LogP contribution < -0.4 is 4.74 Å². The van der Waals surface area contributed by atoms with Crippen molar-refractivity contribution in [1.29, 1.82) is 0 Å². The topological polar surface area (TPSA) is 9.23 Å². The van der Waals surface area contributed by atoms with Crippen molar-refractivity contribution in [3.8, 4) is 5.75 Å². The summed E-state index contributed by atoms with van der Waals surface area (Å²) in [5.74, 6) is 1.02. The Hall–Kier alpha value is -0.630. The molecule has 1 nitrogen and oxygen atoms in total. The first kappa shape index (κ1) is 9.46. The van der Waals surface area contributed by atoms with E-state index in [2.05, 4.69) is 32.2 Å². The van der Waals surface area contributed by atoms with E-state index in [4.69, 9.17) is 4.74 Å². The second-order valence-electron chi connectivity index (χ2n) is 2.74. The summed E-state index contributed by atoms with van der Waals surface area (Å²) in [7, 11) is 1.72. The van der Waals surface area contributed by atoms with Gasteiger partial charge in [-0.25, -0.2) is 0 Å². The van der Waals surface area contributed by atoms with E-state index in [1.54, 1.807) is 18.9 Å². The van der Waals surface area contributed by atoms with Gasteiger partial charge in [0.2, 0.25) is 0 Å². The molecule has 0 radical (unpaired) electrons. The van der Waals surface area contributed by atoms with Crippen molar-refractivity contribution < 1.29 is 4.74 Å². The molecule has 0 saturated heterocycles. The SMILES string of the molecule is COc1c(C)ccc(SC)c1C. The highest BCUT2D eigenvalue weighted by atomic mass is 32.2. The van der Waals surface area contributed by atoms with Gasteiger partial charge in [0, 0.05) is 10.5 Å². The van der Waals surface area contributed by atoms with E-state index in [1.807, 2.05) is 0 Å². The molecule has 0 aliphatic heterocycles. The molecule has 0 aromatic heterocycles. The van der Waals surface area contributed by atoms with Gasteiger partial charge in [-0.2, -0.15) is 0 Å². The fraction of sp³-hybridized carbons (Fsp3) is 0.400. The molecule has 12 heavy (non-hydrogen) atoms. The summed E-state index contributed by atoms with van der Waals surface area (Å²) in [4.78, 5) is 1.29. The lowest BCUT2D eigenvalue weighted by molar-refractivity contribution is 0.407. The summed E-state index contributed by atoms with van der Waals surface area (Å²) in [6, 6.07) is 4.23. The van der Waals surface area contributed by atoms with Crippen molar-refractivity contribution in [2.75, 3.05) is 13.4 Å². The summed E-state index contributed by atoms with van der Waals surface area (Å²) in [6.07, 6.45) is 2.08. The molecular weight excluding hydrogens is 168 g/mol. The number of methoxy groups -OCH3 is 1. The highest BCUT2D eigenvalue weighted by Gasteiger charge is 2.05. The van der Waals surface area contributed by atoms with E-state index in [1.165, 1.54) is 16.0 Å². The lowest BCUT2D eigenvalue weighted by Crippen LogP contribution is -1.92. The van der Waals surface area contributed by atoms with Gasteiger partial charge in [0.15, 0.2) is 0 Å². The van der Waals surface area contributed by atoms with E-state index in [-0.39, 0.29) is 0 Å². The van der Waals surface area contributed by atoms with Gasteiger partial charge in [-0.15, -0.1) is 11.8 Å². The Morgan fingerprint density at radius 1 is 1.25 bits per heavy atom. The molecule has 0 N–H and O–H groups in total. The summed E-state index contributed by atoms with van der Waals surface area (Å²) >= 11 is 1.75. The minimum atomic E-state index is 1.02. The minimum absolute atomic E-state index is 1.02. The number of hydrogen-bond donors (Lipinski definition) is 0. The standard InChI is InChI=1S/C10H14OS/c1-7-5-6-9(12-4)8(2)10(7)11-3/h5-6H,1-4H3. The largest absolute Gasteiger partial charge is 0.496 e. The molecule has 0 aliphatic rings. The molecule has 0 spiro atoms. The van der Waals surface area contributed by atoms with Crippen LogP contribution in [0.5, 0.6) is 5.75 Å². The zero-order valence-corrected chi connectivity index (χ0v) is 8.79. The van der Waals surface area contributed by atoms with Crippen LogP contribution in [0.4, 0.5) is 0 Å². The summed E-state index contributed by atoms with van der Waals surface area (Å²) in [5.41, 5.74) is 2.44. The molecule has 0 atom stereocenters. The predicted octanol–water partition coefficient (Wildman–Crippen LogP) is 3.03. The van der Waals surface area contributed by atoms with Crippen LogP contribution in [0.3, 0.4) is 0 Å². The van der Waals surface area contributed by atoms with Crippen molar-refractivity contribution in [2.24, 2.45) is 0 Å². The molecule has 0 aliphatic carbocycles. The van der Waals surface area contributed by atoms with Crippen LogP contribution >= 0.6 is 11.8 Å². The maximum absolute atomic E-state index is 5.30. The molecule has 0 saturated carbocycles. The third kappa shape index (κ3) is 1.58. The Morgan fingerprint density at radius 2 is 1.92 bits per heavy atom. The fourth-order valence-corrected chi connectivity index (χ4v) is 1.95. The number of thioether (sulfide) groups is 1. The smallest absolute Gasteiger partial charge is 0.125 e. The fourth-order valence-electron chi connectivity index (χ4n) is 1.34. The molecule has 1 rings (SSSR count). The Kier molecular flexibility index (Phi) is 3.04. The van der Waals surface area contributed by atoms with Gasteiger partial charge in [0.25, 0.3) is 0 Å². The highest BCUT2D eigenvalue weighted by Crippen LogP contribution is 2.30. The molecule has 0 amide bonds. The highest BCUT2D eigenvalue weighted by molar-refractivity contribution is 7.98. The number of benzene rings is 1. The molecule has 1 aromatic carbocycles. The summed E-state index contributed by atoms with van der Waals surface area (Å²) < 4.78 is 5.30. The minimum Gasteiger partial charge on any atom is -0.496 e. The van der Waals surface area contributed by atoms with Crippen molar-refractivity contribution in [2.45, 2.75) is 18.7 Å². The average molecular weight is 182 g/mol. The van der Waals surface area contributed by atoms with Crippen molar-refractivity contribution in [3.05, 3.63) is 23.3 Å².